The Bertz CT molecular complexity index is 308. The molecule has 0 aromatic carbocycles. The van der Waals surface area contributed by atoms with Crippen LogP contribution in [-0.4, -0.2) is 55.1 Å². The van der Waals surface area contributed by atoms with Gasteiger partial charge in [-0.3, -0.25) is 0 Å². The number of piperidine rings is 2. The Morgan fingerprint density at radius 2 is 2.00 bits per heavy atom. The average Bonchev–Trinajstić information content (AvgIpc) is 2.47. The SMILES string of the molecule is CCC1CCCN(C(=O)NCCN2CCCC(C)C2)C1. The molecule has 2 aliphatic rings. The number of carbonyl (C=O) groups is 1. The lowest BCUT2D eigenvalue weighted by atomic mass is 9.96. The Balaban J connectivity index is 1.64. The van der Waals surface area contributed by atoms with Gasteiger partial charge < -0.3 is 15.1 Å². The standard InChI is InChI=1S/C16H31N3O/c1-3-15-7-5-10-19(13-15)16(20)17-8-11-18-9-4-6-14(2)12-18/h14-15H,3-13H2,1-2H3,(H,17,20). The third kappa shape index (κ3) is 4.65. The van der Waals surface area contributed by atoms with Crippen molar-refractivity contribution in [2.45, 2.75) is 46.0 Å². The average molecular weight is 281 g/mol. The van der Waals surface area contributed by atoms with Crippen LogP contribution in [0.2, 0.25) is 0 Å². The summed E-state index contributed by atoms with van der Waals surface area (Å²) in [4.78, 5) is 16.7. The Hall–Kier alpha value is -0.770. The number of hydrogen-bond donors (Lipinski definition) is 1. The topological polar surface area (TPSA) is 35.6 Å². The van der Waals surface area contributed by atoms with E-state index in [-0.39, 0.29) is 6.03 Å². The van der Waals surface area contributed by atoms with Gasteiger partial charge in [-0.2, -0.15) is 0 Å². The van der Waals surface area contributed by atoms with Gasteiger partial charge in [0.15, 0.2) is 0 Å². The summed E-state index contributed by atoms with van der Waals surface area (Å²) in [5.41, 5.74) is 0. The molecular weight excluding hydrogens is 250 g/mol. The maximum absolute atomic E-state index is 12.2. The number of likely N-dealkylation sites (tertiary alicyclic amines) is 2. The van der Waals surface area contributed by atoms with Crippen LogP contribution in [0.1, 0.15) is 46.0 Å². The summed E-state index contributed by atoms with van der Waals surface area (Å²) >= 11 is 0. The predicted molar refractivity (Wildman–Crippen MR) is 82.8 cm³/mol. The molecule has 2 amide bonds. The monoisotopic (exact) mass is 281 g/mol. The van der Waals surface area contributed by atoms with Crippen LogP contribution in [0, 0.1) is 11.8 Å². The first-order valence-electron chi connectivity index (χ1n) is 8.44. The van der Waals surface area contributed by atoms with Gasteiger partial charge in [0.05, 0.1) is 0 Å². The fourth-order valence-corrected chi connectivity index (χ4v) is 3.51. The van der Waals surface area contributed by atoms with Crippen LogP contribution in [0.25, 0.3) is 0 Å². The number of nitrogens with zero attached hydrogens (tertiary/aromatic N) is 2. The van der Waals surface area contributed by atoms with Crippen LogP contribution >= 0.6 is 0 Å². The van der Waals surface area contributed by atoms with Gasteiger partial charge in [-0.1, -0.05) is 20.3 Å². The second-order valence-electron chi connectivity index (χ2n) is 6.64. The van der Waals surface area contributed by atoms with Crippen molar-refractivity contribution in [1.29, 1.82) is 0 Å². The summed E-state index contributed by atoms with van der Waals surface area (Å²) in [6.45, 7) is 10.6. The summed E-state index contributed by atoms with van der Waals surface area (Å²) in [7, 11) is 0. The Kier molecular flexibility index (Phi) is 6.14. The zero-order valence-electron chi connectivity index (χ0n) is 13.2. The highest BCUT2D eigenvalue weighted by Crippen LogP contribution is 2.19. The molecule has 2 atom stereocenters. The molecule has 2 heterocycles. The number of carbonyl (C=O) groups excluding carboxylic acids is 1. The molecule has 0 bridgehead atoms. The summed E-state index contributed by atoms with van der Waals surface area (Å²) in [5.74, 6) is 1.52. The van der Waals surface area contributed by atoms with E-state index in [0.717, 1.165) is 38.5 Å². The van der Waals surface area contributed by atoms with Gasteiger partial charge in [-0.05, 0) is 44.1 Å². The number of rotatable bonds is 4. The summed E-state index contributed by atoms with van der Waals surface area (Å²) < 4.78 is 0. The molecule has 2 unspecified atom stereocenters. The first-order valence-corrected chi connectivity index (χ1v) is 8.44. The lowest BCUT2D eigenvalue weighted by Crippen LogP contribution is -2.47. The summed E-state index contributed by atoms with van der Waals surface area (Å²) in [6, 6.07) is 0.146. The highest BCUT2D eigenvalue weighted by atomic mass is 16.2. The van der Waals surface area contributed by atoms with Gasteiger partial charge in [0.25, 0.3) is 0 Å². The van der Waals surface area contributed by atoms with E-state index in [2.05, 4.69) is 24.1 Å². The van der Waals surface area contributed by atoms with Crippen molar-refractivity contribution < 1.29 is 4.79 Å². The normalized spacial score (nSPS) is 28.4. The molecule has 0 aromatic heterocycles. The van der Waals surface area contributed by atoms with Crippen molar-refractivity contribution >= 4 is 6.03 Å². The van der Waals surface area contributed by atoms with Crippen molar-refractivity contribution in [3.8, 4) is 0 Å². The molecule has 4 nitrogen and oxygen atoms in total. The van der Waals surface area contributed by atoms with Crippen LogP contribution in [-0.2, 0) is 0 Å². The van der Waals surface area contributed by atoms with Crippen LogP contribution < -0.4 is 5.32 Å². The molecule has 2 saturated heterocycles. The fraction of sp³-hybridized carbons (Fsp3) is 0.938. The molecule has 2 rings (SSSR count). The molecule has 0 aromatic rings. The molecule has 116 valence electrons. The van der Waals surface area contributed by atoms with Crippen LogP contribution in [0.4, 0.5) is 4.79 Å². The molecule has 20 heavy (non-hydrogen) atoms. The largest absolute Gasteiger partial charge is 0.337 e. The van der Waals surface area contributed by atoms with Gasteiger partial charge in [0.2, 0.25) is 0 Å². The maximum Gasteiger partial charge on any atom is 0.317 e. The zero-order chi connectivity index (χ0) is 14.4. The molecule has 1 N–H and O–H groups in total. The van der Waals surface area contributed by atoms with E-state index in [1.165, 1.54) is 38.8 Å². The van der Waals surface area contributed by atoms with Gasteiger partial charge in [0.1, 0.15) is 0 Å². The molecule has 4 heteroatoms. The lowest BCUT2D eigenvalue weighted by Gasteiger charge is -2.33. The highest BCUT2D eigenvalue weighted by Gasteiger charge is 2.22. The lowest BCUT2D eigenvalue weighted by molar-refractivity contribution is 0.157. The number of urea groups is 1. The molecule has 0 spiro atoms. The highest BCUT2D eigenvalue weighted by molar-refractivity contribution is 5.74. The van der Waals surface area contributed by atoms with Gasteiger partial charge in [-0.25, -0.2) is 4.79 Å². The second-order valence-corrected chi connectivity index (χ2v) is 6.64. The second kappa shape index (κ2) is 7.87. The van der Waals surface area contributed by atoms with Crippen molar-refractivity contribution in [1.82, 2.24) is 15.1 Å². The van der Waals surface area contributed by atoms with E-state index in [0.29, 0.717) is 5.92 Å². The van der Waals surface area contributed by atoms with E-state index < -0.39 is 0 Å². The Labute approximate surface area is 123 Å². The van der Waals surface area contributed by atoms with Crippen molar-refractivity contribution in [2.75, 3.05) is 39.3 Å². The smallest absolute Gasteiger partial charge is 0.317 e. The minimum absolute atomic E-state index is 0.146. The number of amides is 2. The fourth-order valence-electron chi connectivity index (χ4n) is 3.51. The van der Waals surface area contributed by atoms with E-state index in [1.807, 2.05) is 4.90 Å². The van der Waals surface area contributed by atoms with E-state index in [4.69, 9.17) is 0 Å². The van der Waals surface area contributed by atoms with Crippen molar-refractivity contribution in [3.63, 3.8) is 0 Å². The molecule has 0 radical (unpaired) electrons. The van der Waals surface area contributed by atoms with Crippen LogP contribution in [0.15, 0.2) is 0 Å². The van der Waals surface area contributed by atoms with Gasteiger partial charge in [-0.15, -0.1) is 0 Å². The van der Waals surface area contributed by atoms with Crippen molar-refractivity contribution in [2.24, 2.45) is 11.8 Å². The molecule has 0 aliphatic carbocycles. The van der Waals surface area contributed by atoms with Gasteiger partial charge >= 0.3 is 6.03 Å². The molecule has 0 saturated carbocycles. The molecule has 2 fully saturated rings. The number of nitrogens with one attached hydrogen (secondary N) is 1. The first kappa shape index (κ1) is 15.6. The Morgan fingerprint density at radius 3 is 2.75 bits per heavy atom. The third-order valence-corrected chi connectivity index (χ3v) is 4.83. The minimum atomic E-state index is 0.146. The molecular formula is C16H31N3O. The van der Waals surface area contributed by atoms with E-state index >= 15 is 0 Å². The summed E-state index contributed by atoms with van der Waals surface area (Å²) in [5, 5.41) is 3.10. The van der Waals surface area contributed by atoms with E-state index in [1.54, 1.807) is 0 Å². The predicted octanol–water partition coefficient (Wildman–Crippen LogP) is 2.55. The molecule has 2 aliphatic heterocycles. The van der Waals surface area contributed by atoms with Crippen molar-refractivity contribution in [3.05, 3.63) is 0 Å². The van der Waals surface area contributed by atoms with Gasteiger partial charge in [0, 0.05) is 32.7 Å². The maximum atomic E-state index is 12.2. The van der Waals surface area contributed by atoms with E-state index in [9.17, 15) is 4.79 Å². The summed E-state index contributed by atoms with van der Waals surface area (Å²) in [6.07, 6.45) is 6.30. The quantitative estimate of drug-likeness (QED) is 0.859. The zero-order valence-corrected chi connectivity index (χ0v) is 13.2. The third-order valence-electron chi connectivity index (χ3n) is 4.83. The van der Waals surface area contributed by atoms with Crippen LogP contribution in [0.5, 0.6) is 0 Å². The number of hydrogen-bond acceptors (Lipinski definition) is 2. The van der Waals surface area contributed by atoms with Crippen LogP contribution in [0.3, 0.4) is 0 Å². The first-order chi connectivity index (χ1) is 9.69. The Morgan fingerprint density at radius 1 is 1.20 bits per heavy atom. The minimum Gasteiger partial charge on any atom is -0.337 e.